The van der Waals surface area contributed by atoms with Crippen LogP contribution in [0.1, 0.15) is 47.5 Å². The summed E-state index contributed by atoms with van der Waals surface area (Å²) in [5, 5.41) is 3.25. The van der Waals surface area contributed by atoms with Gasteiger partial charge in [-0.3, -0.25) is 0 Å². The third kappa shape index (κ3) is 3.88. The first kappa shape index (κ1) is 15.0. The Hall–Kier alpha value is -0.980. The molecule has 0 bridgehead atoms. The van der Waals surface area contributed by atoms with Crippen molar-refractivity contribution in [3.05, 3.63) is 35.6 Å². The first-order chi connectivity index (χ1) is 7.65. The van der Waals surface area contributed by atoms with E-state index in [1.807, 2.05) is 20.9 Å². The van der Waals surface area contributed by atoms with E-state index in [-0.39, 0.29) is 5.41 Å². The van der Waals surface area contributed by atoms with Crippen molar-refractivity contribution in [2.24, 2.45) is 5.41 Å². The van der Waals surface area contributed by atoms with Gasteiger partial charge in [-0.15, -0.1) is 0 Å². The van der Waals surface area contributed by atoms with Crippen molar-refractivity contribution in [2.45, 2.75) is 47.5 Å². The molecule has 92 valence electrons. The standard InChI is InChI=1S/C13H21N.C2H6/c1-5-11-10-13(3,6-2)9-7-8-12(11)14-4;1-2/h7-10,14H,5-6H2,1-4H3;1-2H3. The van der Waals surface area contributed by atoms with Gasteiger partial charge in [-0.25, -0.2) is 0 Å². The summed E-state index contributed by atoms with van der Waals surface area (Å²) in [6.07, 6.45) is 11.2. The average molecular weight is 221 g/mol. The molecule has 0 saturated heterocycles. The normalized spacial score (nSPS) is 23.6. The van der Waals surface area contributed by atoms with E-state index in [4.69, 9.17) is 0 Å². The van der Waals surface area contributed by atoms with Gasteiger partial charge in [0.15, 0.2) is 0 Å². The van der Waals surface area contributed by atoms with Crippen LogP contribution in [0.4, 0.5) is 0 Å². The molecule has 0 aliphatic heterocycles. The van der Waals surface area contributed by atoms with E-state index < -0.39 is 0 Å². The molecule has 1 unspecified atom stereocenters. The number of allylic oxidation sites excluding steroid dienone is 5. The van der Waals surface area contributed by atoms with Crippen molar-refractivity contribution in [3.63, 3.8) is 0 Å². The van der Waals surface area contributed by atoms with Gasteiger partial charge in [0.2, 0.25) is 0 Å². The minimum absolute atomic E-state index is 0.223. The summed E-state index contributed by atoms with van der Waals surface area (Å²) < 4.78 is 0. The highest BCUT2D eigenvalue weighted by Crippen LogP contribution is 2.31. The summed E-state index contributed by atoms with van der Waals surface area (Å²) in [5.41, 5.74) is 2.89. The lowest BCUT2D eigenvalue weighted by Gasteiger charge is -2.20. The molecular formula is C15H27N. The summed E-state index contributed by atoms with van der Waals surface area (Å²) >= 11 is 0. The maximum atomic E-state index is 3.25. The van der Waals surface area contributed by atoms with Crippen molar-refractivity contribution in [1.82, 2.24) is 5.32 Å². The Morgan fingerprint density at radius 2 is 1.88 bits per heavy atom. The summed E-state index contributed by atoms with van der Waals surface area (Å²) in [7, 11) is 1.98. The van der Waals surface area contributed by atoms with Crippen LogP contribution in [0.25, 0.3) is 0 Å². The minimum Gasteiger partial charge on any atom is -0.388 e. The lowest BCUT2D eigenvalue weighted by molar-refractivity contribution is 0.526. The van der Waals surface area contributed by atoms with E-state index in [0.717, 1.165) is 12.8 Å². The topological polar surface area (TPSA) is 12.0 Å². The van der Waals surface area contributed by atoms with Crippen molar-refractivity contribution < 1.29 is 0 Å². The van der Waals surface area contributed by atoms with Crippen LogP contribution in [0.3, 0.4) is 0 Å². The van der Waals surface area contributed by atoms with Gasteiger partial charge in [-0.05, 0) is 24.5 Å². The minimum atomic E-state index is 0.223. The van der Waals surface area contributed by atoms with Gasteiger partial charge >= 0.3 is 0 Å². The fourth-order valence-electron chi connectivity index (χ4n) is 1.75. The predicted molar refractivity (Wildman–Crippen MR) is 74.4 cm³/mol. The summed E-state index contributed by atoms with van der Waals surface area (Å²) in [4.78, 5) is 0. The summed E-state index contributed by atoms with van der Waals surface area (Å²) in [6, 6.07) is 0. The summed E-state index contributed by atoms with van der Waals surface area (Å²) in [6.45, 7) is 10.7. The molecule has 1 atom stereocenters. The van der Waals surface area contributed by atoms with Crippen LogP contribution in [0.2, 0.25) is 0 Å². The van der Waals surface area contributed by atoms with Crippen LogP contribution < -0.4 is 5.32 Å². The highest BCUT2D eigenvalue weighted by molar-refractivity contribution is 5.37. The first-order valence-corrected chi connectivity index (χ1v) is 6.44. The van der Waals surface area contributed by atoms with Gasteiger partial charge in [0.25, 0.3) is 0 Å². The highest BCUT2D eigenvalue weighted by atomic mass is 14.8. The van der Waals surface area contributed by atoms with E-state index in [2.05, 4.69) is 50.4 Å². The molecule has 1 aliphatic carbocycles. The zero-order chi connectivity index (χ0) is 12.6. The van der Waals surface area contributed by atoms with E-state index >= 15 is 0 Å². The van der Waals surface area contributed by atoms with E-state index in [0.29, 0.717) is 0 Å². The second-order valence-electron chi connectivity index (χ2n) is 4.07. The molecule has 1 N–H and O–H groups in total. The Morgan fingerprint density at radius 3 is 2.31 bits per heavy atom. The van der Waals surface area contributed by atoms with Crippen molar-refractivity contribution in [1.29, 1.82) is 0 Å². The molecule has 0 aromatic heterocycles. The zero-order valence-electron chi connectivity index (χ0n) is 11.7. The Kier molecular flexibility index (Phi) is 6.87. The summed E-state index contributed by atoms with van der Waals surface area (Å²) in [5.74, 6) is 0. The number of hydrogen-bond donors (Lipinski definition) is 1. The smallest absolute Gasteiger partial charge is 0.0367 e. The van der Waals surface area contributed by atoms with Gasteiger partial charge in [0, 0.05) is 18.2 Å². The first-order valence-electron chi connectivity index (χ1n) is 6.44. The third-order valence-electron chi connectivity index (χ3n) is 3.00. The average Bonchev–Trinajstić information content (AvgIpc) is 2.51. The molecule has 0 saturated carbocycles. The quantitative estimate of drug-likeness (QED) is 0.743. The number of hydrogen-bond acceptors (Lipinski definition) is 1. The monoisotopic (exact) mass is 221 g/mol. The molecule has 1 heteroatoms. The van der Waals surface area contributed by atoms with Gasteiger partial charge in [-0.2, -0.15) is 0 Å². The molecule has 1 nitrogen and oxygen atoms in total. The Morgan fingerprint density at radius 1 is 1.25 bits per heavy atom. The van der Waals surface area contributed by atoms with Crippen LogP contribution in [0.15, 0.2) is 35.6 Å². The molecule has 0 spiro atoms. The zero-order valence-corrected chi connectivity index (χ0v) is 11.7. The van der Waals surface area contributed by atoms with E-state index in [9.17, 15) is 0 Å². The van der Waals surface area contributed by atoms with E-state index in [1.54, 1.807) is 0 Å². The molecule has 0 radical (unpaired) electrons. The molecule has 16 heavy (non-hydrogen) atoms. The van der Waals surface area contributed by atoms with Gasteiger partial charge in [0.1, 0.15) is 0 Å². The number of likely N-dealkylation sites (N-methyl/N-ethyl adjacent to an activating group) is 1. The van der Waals surface area contributed by atoms with Gasteiger partial charge in [-0.1, -0.05) is 52.8 Å². The van der Waals surface area contributed by atoms with Crippen molar-refractivity contribution in [3.8, 4) is 0 Å². The SMILES string of the molecule is CC.CCC1=CC(C)(CC)C=CC=C1NC. The molecule has 0 heterocycles. The molecule has 0 amide bonds. The maximum absolute atomic E-state index is 3.25. The maximum Gasteiger partial charge on any atom is 0.0367 e. The van der Waals surface area contributed by atoms with Crippen molar-refractivity contribution >= 4 is 0 Å². The molecule has 0 aromatic carbocycles. The third-order valence-corrected chi connectivity index (χ3v) is 3.00. The number of rotatable bonds is 3. The largest absolute Gasteiger partial charge is 0.388 e. The van der Waals surface area contributed by atoms with Gasteiger partial charge in [0.05, 0.1) is 0 Å². The molecule has 0 aromatic rings. The lowest BCUT2D eigenvalue weighted by Crippen LogP contribution is -2.11. The van der Waals surface area contributed by atoms with E-state index in [1.165, 1.54) is 11.3 Å². The second kappa shape index (κ2) is 7.32. The van der Waals surface area contributed by atoms with Crippen LogP contribution in [0, 0.1) is 5.41 Å². The Bertz CT molecular complexity index is 284. The van der Waals surface area contributed by atoms with Crippen LogP contribution in [-0.2, 0) is 0 Å². The number of nitrogens with one attached hydrogen (secondary N) is 1. The fourth-order valence-corrected chi connectivity index (χ4v) is 1.75. The van der Waals surface area contributed by atoms with Crippen molar-refractivity contribution in [2.75, 3.05) is 7.05 Å². The van der Waals surface area contributed by atoms with Gasteiger partial charge < -0.3 is 5.32 Å². The lowest BCUT2D eigenvalue weighted by atomic mass is 9.85. The van der Waals surface area contributed by atoms with Crippen LogP contribution in [-0.4, -0.2) is 7.05 Å². The molecule has 1 rings (SSSR count). The predicted octanol–water partition coefficient (Wildman–Crippen LogP) is 4.44. The Labute approximate surface area is 101 Å². The molecular weight excluding hydrogens is 194 g/mol. The van der Waals surface area contributed by atoms with Crippen LogP contribution in [0.5, 0.6) is 0 Å². The fraction of sp³-hybridized carbons (Fsp3) is 0.600. The van der Waals surface area contributed by atoms with Crippen LogP contribution >= 0.6 is 0 Å². The highest BCUT2D eigenvalue weighted by Gasteiger charge is 2.18. The Balaban J connectivity index is 0.00000106. The molecule has 1 aliphatic rings. The second-order valence-corrected chi connectivity index (χ2v) is 4.07. The molecule has 0 fully saturated rings.